The summed E-state index contributed by atoms with van der Waals surface area (Å²) in [5.74, 6) is 0. The van der Waals surface area contributed by atoms with Crippen molar-refractivity contribution in [2.24, 2.45) is 4.74 Å². The van der Waals surface area contributed by atoms with E-state index in [9.17, 15) is 10.1 Å². The van der Waals surface area contributed by atoms with Crippen molar-refractivity contribution in [3.05, 3.63) is 144 Å². The van der Waals surface area contributed by atoms with Gasteiger partial charge in [-0.1, -0.05) is 91.0 Å². The number of non-ortho nitro benzene ring substituents is 1. The summed E-state index contributed by atoms with van der Waals surface area (Å²) in [5.41, 5.74) is 1.59. The summed E-state index contributed by atoms with van der Waals surface area (Å²) < 4.78 is 5.53. The van der Waals surface area contributed by atoms with Crippen LogP contribution in [0.4, 0.5) is 11.4 Å². The number of nitro groups is 1. The SMILES string of the molecule is O=[N+]([O-])c1ccc(N=P(c2ccccn2)(c2cccc3ccccc23)c2cccc3ccccc23)cc1. The fraction of sp³-hybridized carbons (Fsp3) is 0. The number of fused-ring (bicyclic) bond motifs is 2. The third-order valence-electron chi connectivity index (χ3n) is 6.54. The third kappa shape index (κ3) is 4.00. The molecule has 0 atom stereocenters. The van der Waals surface area contributed by atoms with E-state index in [0.29, 0.717) is 5.69 Å². The topological polar surface area (TPSA) is 68.4 Å². The highest BCUT2D eigenvalue weighted by Gasteiger charge is 2.32. The average molecular weight is 500 g/mol. The summed E-state index contributed by atoms with van der Waals surface area (Å²) in [4.78, 5) is 15.8. The maximum absolute atomic E-state index is 11.3. The van der Waals surface area contributed by atoms with Gasteiger partial charge in [-0.3, -0.25) is 19.8 Å². The van der Waals surface area contributed by atoms with Crippen molar-refractivity contribution in [2.45, 2.75) is 0 Å². The number of rotatable bonds is 5. The minimum absolute atomic E-state index is 0.0380. The number of hydrogen-bond acceptors (Lipinski definition) is 4. The van der Waals surface area contributed by atoms with Gasteiger partial charge in [0.2, 0.25) is 0 Å². The maximum Gasteiger partial charge on any atom is 0.269 e. The van der Waals surface area contributed by atoms with Crippen molar-refractivity contribution in [3.8, 4) is 0 Å². The fourth-order valence-corrected chi connectivity index (χ4v) is 8.67. The molecule has 0 aliphatic heterocycles. The van der Waals surface area contributed by atoms with Crippen LogP contribution in [0.2, 0.25) is 0 Å². The van der Waals surface area contributed by atoms with Crippen molar-refractivity contribution >= 4 is 56.0 Å². The largest absolute Gasteiger partial charge is 0.269 e. The molecule has 6 rings (SSSR count). The van der Waals surface area contributed by atoms with E-state index in [-0.39, 0.29) is 10.6 Å². The summed E-state index contributed by atoms with van der Waals surface area (Å²) in [5, 5.41) is 18.0. The first kappa shape index (κ1) is 22.8. The monoisotopic (exact) mass is 499 g/mol. The third-order valence-corrected chi connectivity index (χ3v) is 10.2. The van der Waals surface area contributed by atoms with Crippen molar-refractivity contribution in [2.75, 3.05) is 0 Å². The molecule has 5 nitrogen and oxygen atoms in total. The Kier molecular flexibility index (Phi) is 5.84. The second-order valence-corrected chi connectivity index (χ2v) is 11.6. The van der Waals surface area contributed by atoms with Gasteiger partial charge in [-0.05, 0) is 45.8 Å². The van der Waals surface area contributed by atoms with Gasteiger partial charge in [0.25, 0.3) is 5.69 Å². The number of benzene rings is 5. The maximum atomic E-state index is 11.3. The molecule has 0 bridgehead atoms. The van der Waals surface area contributed by atoms with Crippen LogP contribution in [0.3, 0.4) is 0 Å². The standard InChI is InChI=1S/C31H22N3O2P/c35-34(36)26-20-18-25(19-21-26)33-37(31-17-5-6-22-32-31,29-15-7-11-23-9-1-3-13-27(23)29)30-16-8-12-24-10-2-4-14-28(24)30/h1-22H. The van der Waals surface area contributed by atoms with Crippen molar-refractivity contribution in [1.82, 2.24) is 4.98 Å². The van der Waals surface area contributed by atoms with Crippen LogP contribution in [0.25, 0.3) is 21.5 Å². The fourth-order valence-electron chi connectivity index (χ4n) is 4.88. The Bertz CT molecular complexity index is 1720. The van der Waals surface area contributed by atoms with Crippen LogP contribution >= 0.6 is 7.05 Å². The number of hydrogen-bond donors (Lipinski definition) is 0. The van der Waals surface area contributed by atoms with Crippen molar-refractivity contribution < 1.29 is 4.92 Å². The molecule has 0 fully saturated rings. The van der Waals surface area contributed by atoms with Gasteiger partial charge < -0.3 is 0 Å². The highest BCUT2D eigenvalue weighted by atomic mass is 31.2. The molecular weight excluding hydrogens is 477 g/mol. The summed E-state index contributed by atoms with van der Waals surface area (Å²) in [6, 6.07) is 41.8. The minimum atomic E-state index is -2.76. The molecule has 37 heavy (non-hydrogen) atoms. The van der Waals surface area contributed by atoms with Gasteiger partial charge >= 0.3 is 0 Å². The number of pyridine rings is 1. The smallest absolute Gasteiger partial charge is 0.258 e. The first-order valence-corrected chi connectivity index (χ1v) is 13.7. The van der Waals surface area contributed by atoms with Crippen LogP contribution < -0.4 is 16.0 Å². The Hall–Kier alpha value is -4.60. The summed E-state index contributed by atoms with van der Waals surface area (Å²) in [6.07, 6.45) is 1.81. The van der Waals surface area contributed by atoms with E-state index < -0.39 is 7.05 Å². The molecule has 6 heteroatoms. The van der Waals surface area contributed by atoms with E-state index in [2.05, 4.69) is 60.7 Å². The van der Waals surface area contributed by atoms with E-state index in [0.717, 1.165) is 37.6 Å². The molecule has 0 N–H and O–H groups in total. The van der Waals surface area contributed by atoms with Gasteiger partial charge in [0, 0.05) is 28.9 Å². The van der Waals surface area contributed by atoms with Crippen LogP contribution in [0.5, 0.6) is 0 Å². The van der Waals surface area contributed by atoms with Crippen LogP contribution in [0.15, 0.2) is 138 Å². The predicted octanol–water partition coefficient (Wildman–Crippen LogP) is 7.11. The summed E-state index contributed by atoms with van der Waals surface area (Å²) in [6.45, 7) is 0. The molecule has 0 radical (unpaired) electrons. The molecule has 0 saturated carbocycles. The van der Waals surface area contributed by atoms with Crippen molar-refractivity contribution in [1.29, 1.82) is 0 Å². The van der Waals surface area contributed by atoms with E-state index >= 15 is 0 Å². The first-order valence-electron chi connectivity index (χ1n) is 11.9. The molecule has 6 aromatic rings. The van der Waals surface area contributed by atoms with Crippen LogP contribution in [0, 0.1) is 10.1 Å². The lowest BCUT2D eigenvalue weighted by atomic mass is 10.1. The molecule has 178 valence electrons. The van der Waals surface area contributed by atoms with Crippen LogP contribution in [-0.4, -0.2) is 9.91 Å². The predicted molar refractivity (Wildman–Crippen MR) is 153 cm³/mol. The number of nitro benzene ring substituents is 1. The second kappa shape index (κ2) is 9.45. The molecule has 0 spiro atoms. The molecule has 1 aromatic heterocycles. The zero-order valence-electron chi connectivity index (χ0n) is 19.8. The second-order valence-electron chi connectivity index (χ2n) is 8.69. The number of nitrogens with zero attached hydrogens (tertiary/aromatic N) is 3. The lowest BCUT2D eigenvalue weighted by molar-refractivity contribution is -0.384. The Morgan fingerprint density at radius 1 is 0.622 bits per heavy atom. The van der Waals surface area contributed by atoms with Gasteiger partial charge in [-0.15, -0.1) is 0 Å². The van der Waals surface area contributed by atoms with E-state index in [1.165, 1.54) is 12.1 Å². The lowest BCUT2D eigenvalue weighted by Gasteiger charge is -2.28. The van der Waals surface area contributed by atoms with Gasteiger partial charge in [-0.25, -0.2) is 0 Å². The van der Waals surface area contributed by atoms with E-state index in [1.807, 2.05) is 48.7 Å². The molecule has 0 saturated heterocycles. The lowest BCUT2D eigenvalue weighted by Crippen LogP contribution is -2.28. The van der Waals surface area contributed by atoms with Crippen LogP contribution in [0.1, 0.15) is 0 Å². The van der Waals surface area contributed by atoms with Gasteiger partial charge in [0.15, 0.2) is 0 Å². The van der Waals surface area contributed by atoms with Gasteiger partial charge in [-0.2, -0.15) is 0 Å². The quantitative estimate of drug-likeness (QED) is 0.144. The Balaban J connectivity index is 1.82. The Labute approximate surface area is 214 Å². The zero-order chi connectivity index (χ0) is 25.2. The Morgan fingerprint density at radius 2 is 1.16 bits per heavy atom. The minimum Gasteiger partial charge on any atom is -0.258 e. The molecule has 0 aliphatic carbocycles. The number of aromatic nitrogens is 1. The Morgan fingerprint density at radius 3 is 1.70 bits per heavy atom. The highest BCUT2D eigenvalue weighted by molar-refractivity contribution is 7.88. The molecule has 0 aliphatic rings. The van der Waals surface area contributed by atoms with Gasteiger partial charge in [0.1, 0.15) is 0 Å². The average Bonchev–Trinajstić information content (AvgIpc) is 2.96. The molecule has 1 heterocycles. The van der Waals surface area contributed by atoms with Crippen LogP contribution in [-0.2, 0) is 0 Å². The zero-order valence-corrected chi connectivity index (χ0v) is 20.7. The normalized spacial score (nSPS) is 11.5. The van der Waals surface area contributed by atoms with E-state index in [4.69, 9.17) is 9.73 Å². The molecular formula is C31H22N3O2P. The molecule has 5 aromatic carbocycles. The van der Waals surface area contributed by atoms with E-state index in [1.54, 1.807) is 12.1 Å². The molecule has 0 amide bonds. The molecule has 0 unspecified atom stereocenters. The summed E-state index contributed by atoms with van der Waals surface area (Å²) >= 11 is 0. The van der Waals surface area contributed by atoms with Crippen molar-refractivity contribution in [3.63, 3.8) is 0 Å². The highest BCUT2D eigenvalue weighted by Crippen LogP contribution is 2.51. The van der Waals surface area contributed by atoms with Gasteiger partial charge in [0.05, 0.1) is 23.1 Å². The first-order chi connectivity index (χ1) is 18.2. The summed E-state index contributed by atoms with van der Waals surface area (Å²) in [7, 11) is -2.76.